The van der Waals surface area contributed by atoms with Gasteiger partial charge in [0, 0.05) is 0 Å². The summed E-state index contributed by atoms with van der Waals surface area (Å²) >= 11 is 0. The van der Waals surface area contributed by atoms with Gasteiger partial charge < -0.3 is 0 Å². The molecule has 0 amide bonds. The summed E-state index contributed by atoms with van der Waals surface area (Å²) < 4.78 is 37.6. The van der Waals surface area contributed by atoms with E-state index in [2.05, 4.69) is 0 Å². The van der Waals surface area contributed by atoms with Crippen molar-refractivity contribution in [3.63, 3.8) is 0 Å². The van der Waals surface area contributed by atoms with Crippen molar-refractivity contribution in [3.05, 3.63) is 42.0 Å². The highest BCUT2D eigenvalue weighted by Gasteiger charge is 2.34. The molecule has 0 bridgehead atoms. The number of allylic oxidation sites excluding steroid dienone is 2. The van der Waals surface area contributed by atoms with E-state index in [9.17, 15) is 18.0 Å². The highest BCUT2D eigenvalue weighted by molar-refractivity contribution is 5.96. The molecule has 0 unspecified atom stereocenters. The van der Waals surface area contributed by atoms with Gasteiger partial charge in [-0.05, 0) is 18.6 Å². The summed E-state index contributed by atoms with van der Waals surface area (Å²) in [6.07, 6.45) is -3.90. The summed E-state index contributed by atoms with van der Waals surface area (Å²) in [6, 6.07) is 7.25. The fourth-order valence-electron chi connectivity index (χ4n) is 1.15. The van der Waals surface area contributed by atoms with Gasteiger partial charge in [0.05, 0.1) is 5.57 Å². The maximum atomic E-state index is 12.5. The maximum absolute atomic E-state index is 12.5. The molecule has 0 aliphatic heterocycles. The predicted octanol–water partition coefficient (Wildman–Crippen LogP) is 3.22. The van der Waals surface area contributed by atoms with Crippen LogP contribution >= 0.6 is 0 Å². The van der Waals surface area contributed by atoms with Gasteiger partial charge in [0.25, 0.3) is 0 Å². The molecule has 0 saturated heterocycles. The molecule has 0 atom stereocenters. The summed E-state index contributed by atoms with van der Waals surface area (Å²) in [5, 5.41) is 0. The molecule has 4 heteroatoms. The van der Waals surface area contributed by atoms with Crippen molar-refractivity contribution >= 4 is 11.4 Å². The third-order valence-corrected chi connectivity index (χ3v) is 1.74. The minimum atomic E-state index is -4.51. The molecule has 15 heavy (non-hydrogen) atoms. The minimum absolute atomic E-state index is 0.000185. The molecule has 0 aliphatic rings. The molecule has 1 aromatic carbocycles. The Balaban J connectivity index is 3.20. The average molecular weight is 214 g/mol. The number of alkyl halides is 3. The standard InChI is InChI=1S/C11H9F3O/c1-8(15)7-10(11(12,13)14)9-5-3-2-4-6-9/h2-7H,1H3/b10-7+. The van der Waals surface area contributed by atoms with E-state index >= 15 is 0 Å². The molecule has 0 aliphatic carbocycles. The lowest BCUT2D eigenvalue weighted by atomic mass is 10.0. The molecule has 80 valence electrons. The van der Waals surface area contributed by atoms with Gasteiger partial charge in [-0.15, -0.1) is 0 Å². The first-order valence-corrected chi connectivity index (χ1v) is 4.26. The minimum Gasteiger partial charge on any atom is -0.295 e. The third-order valence-electron chi connectivity index (χ3n) is 1.74. The first-order chi connectivity index (χ1) is 6.91. The average Bonchev–Trinajstić information content (AvgIpc) is 2.14. The van der Waals surface area contributed by atoms with E-state index in [0.29, 0.717) is 6.08 Å². The van der Waals surface area contributed by atoms with Crippen LogP contribution in [0.15, 0.2) is 36.4 Å². The van der Waals surface area contributed by atoms with Gasteiger partial charge in [-0.1, -0.05) is 30.3 Å². The number of benzene rings is 1. The number of hydrogen-bond donors (Lipinski definition) is 0. The molecule has 0 N–H and O–H groups in total. The van der Waals surface area contributed by atoms with E-state index in [4.69, 9.17) is 0 Å². The quantitative estimate of drug-likeness (QED) is 0.691. The van der Waals surface area contributed by atoms with Crippen molar-refractivity contribution in [3.8, 4) is 0 Å². The Labute approximate surface area is 85.2 Å². The van der Waals surface area contributed by atoms with Crippen molar-refractivity contribution in [2.45, 2.75) is 13.1 Å². The Morgan fingerprint density at radius 3 is 2.13 bits per heavy atom. The lowest BCUT2D eigenvalue weighted by Crippen LogP contribution is -2.11. The summed E-state index contributed by atoms with van der Waals surface area (Å²) in [6.45, 7) is 1.09. The van der Waals surface area contributed by atoms with Crippen LogP contribution in [0.25, 0.3) is 5.57 Å². The van der Waals surface area contributed by atoms with E-state index in [1.54, 1.807) is 6.07 Å². The molecule has 1 aromatic rings. The van der Waals surface area contributed by atoms with Gasteiger partial charge in [-0.25, -0.2) is 0 Å². The Morgan fingerprint density at radius 1 is 1.20 bits per heavy atom. The molecule has 0 spiro atoms. The van der Waals surface area contributed by atoms with Crippen LogP contribution in [-0.2, 0) is 4.79 Å². The van der Waals surface area contributed by atoms with Crippen molar-refractivity contribution < 1.29 is 18.0 Å². The summed E-state index contributed by atoms with van der Waals surface area (Å²) in [4.78, 5) is 10.7. The Morgan fingerprint density at radius 2 is 1.73 bits per heavy atom. The normalized spacial score (nSPS) is 12.7. The highest BCUT2D eigenvalue weighted by atomic mass is 19.4. The molecule has 0 heterocycles. The van der Waals surface area contributed by atoms with Crippen LogP contribution in [-0.4, -0.2) is 12.0 Å². The van der Waals surface area contributed by atoms with E-state index in [0.717, 1.165) is 6.92 Å². The van der Waals surface area contributed by atoms with Gasteiger partial charge in [0.1, 0.15) is 0 Å². The monoisotopic (exact) mass is 214 g/mol. The van der Waals surface area contributed by atoms with E-state index in [-0.39, 0.29) is 5.56 Å². The Bertz CT molecular complexity index is 377. The number of ketones is 1. The van der Waals surface area contributed by atoms with Crippen molar-refractivity contribution in [1.82, 2.24) is 0 Å². The topological polar surface area (TPSA) is 17.1 Å². The highest BCUT2D eigenvalue weighted by Crippen LogP contribution is 2.33. The van der Waals surface area contributed by atoms with Crippen molar-refractivity contribution in [2.24, 2.45) is 0 Å². The Hall–Kier alpha value is -1.58. The fourth-order valence-corrected chi connectivity index (χ4v) is 1.15. The van der Waals surface area contributed by atoms with Gasteiger partial charge in [0.2, 0.25) is 0 Å². The molecular formula is C11H9F3O. The van der Waals surface area contributed by atoms with Crippen LogP contribution in [0.1, 0.15) is 12.5 Å². The second-order valence-corrected chi connectivity index (χ2v) is 3.03. The zero-order valence-electron chi connectivity index (χ0n) is 8.01. The fraction of sp³-hybridized carbons (Fsp3) is 0.182. The van der Waals surface area contributed by atoms with Crippen LogP contribution < -0.4 is 0 Å². The second kappa shape index (κ2) is 4.29. The molecule has 1 nitrogen and oxygen atoms in total. The Kier molecular flexibility index (Phi) is 3.29. The van der Waals surface area contributed by atoms with Crippen LogP contribution in [0, 0.1) is 0 Å². The van der Waals surface area contributed by atoms with Gasteiger partial charge in [0.15, 0.2) is 5.78 Å². The zero-order chi connectivity index (χ0) is 11.5. The van der Waals surface area contributed by atoms with Crippen LogP contribution in [0.2, 0.25) is 0 Å². The molecule has 0 aromatic heterocycles. The number of carbonyl (C=O) groups is 1. The molecule has 1 rings (SSSR count). The smallest absolute Gasteiger partial charge is 0.295 e. The zero-order valence-corrected chi connectivity index (χ0v) is 8.01. The summed E-state index contributed by atoms with van der Waals surface area (Å²) in [7, 11) is 0. The number of halogens is 3. The van der Waals surface area contributed by atoms with Gasteiger partial charge >= 0.3 is 6.18 Å². The number of hydrogen-bond acceptors (Lipinski definition) is 1. The van der Waals surface area contributed by atoms with Crippen molar-refractivity contribution in [2.75, 3.05) is 0 Å². The lowest BCUT2D eigenvalue weighted by molar-refractivity contribution is -0.113. The van der Waals surface area contributed by atoms with Crippen LogP contribution in [0.4, 0.5) is 13.2 Å². The molecule has 0 fully saturated rings. The first kappa shape index (κ1) is 11.5. The van der Waals surface area contributed by atoms with Crippen LogP contribution in [0.5, 0.6) is 0 Å². The molecular weight excluding hydrogens is 205 g/mol. The van der Waals surface area contributed by atoms with E-state index in [1.165, 1.54) is 24.3 Å². The number of rotatable bonds is 2. The van der Waals surface area contributed by atoms with E-state index in [1.807, 2.05) is 0 Å². The molecule has 0 saturated carbocycles. The predicted molar refractivity (Wildman–Crippen MR) is 51.2 cm³/mol. The van der Waals surface area contributed by atoms with E-state index < -0.39 is 17.5 Å². The second-order valence-electron chi connectivity index (χ2n) is 3.03. The maximum Gasteiger partial charge on any atom is 0.417 e. The van der Waals surface area contributed by atoms with Gasteiger partial charge in [-0.2, -0.15) is 13.2 Å². The van der Waals surface area contributed by atoms with Crippen molar-refractivity contribution in [1.29, 1.82) is 0 Å². The van der Waals surface area contributed by atoms with Crippen LogP contribution in [0.3, 0.4) is 0 Å². The lowest BCUT2D eigenvalue weighted by Gasteiger charge is -2.11. The SMILES string of the molecule is CC(=O)/C=C(\c1ccccc1)C(F)(F)F. The summed E-state index contributed by atoms with van der Waals surface area (Å²) in [5.41, 5.74) is -0.907. The third kappa shape index (κ3) is 3.23. The first-order valence-electron chi connectivity index (χ1n) is 4.26. The number of carbonyl (C=O) groups excluding carboxylic acids is 1. The van der Waals surface area contributed by atoms with Gasteiger partial charge in [-0.3, -0.25) is 4.79 Å². The molecule has 0 radical (unpaired) electrons. The largest absolute Gasteiger partial charge is 0.417 e. The summed E-state index contributed by atoms with van der Waals surface area (Å²) in [5.74, 6) is -0.619.